The average Bonchev–Trinajstić information content (AvgIpc) is 2.96. The number of methoxy groups -OCH3 is 1. The van der Waals surface area contributed by atoms with E-state index in [1.165, 1.54) is 11.1 Å². The zero-order chi connectivity index (χ0) is 15.5. The van der Waals surface area contributed by atoms with Crippen molar-refractivity contribution in [2.24, 2.45) is 10.9 Å². The lowest BCUT2D eigenvalue weighted by molar-refractivity contribution is -0.122. The average molecular weight is 363 g/mol. The minimum absolute atomic E-state index is 0.0324. The molecule has 4 rings (SSSR count). The number of hydrogen-bond donors (Lipinski definition) is 0. The first-order valence-electron chi connectivity index (χ1n) is 7.78. The minimum Gasteiger partial charge on any atom is -0.381 e. The second-order valence-corrected chi connectivity index (χ2v) is 7.19. The Morgan fingerprint density at radius 3 is 2.82 bits per heavy atom. The summed E-state index contributed by atoms with van der Waals surface area (Å²) >= 11 is 3.53. The van der Waals surface area contributed by atoms with Gasteiger partial charge >= 0.3 is 0 Å². The number of benzene rings is 1. The minimum atomic E-state index is -0.598. The molecule has 0 bridgehead atoms. The van der Waals surface area contributed by atoms with Gasteiger partial charge in [-0.2, -0.15) is 0 Å². The third kappa shape index (κ3) is 1.67. The lowest BCUT2D eigenvalue weighted by Gasteiger charge is -2.40. The first-order chi connectivity index (χ1) is 10.6. The normalized spacial score (nSPS) is 36.5. The summed E-state index contributed by atoms with van der Waals surface area (Å²) in [4.78, 5) is 17.3. The number of carbonyl (C=O) groups excluding carboxylic acids is 1. The standard InChI is InChI=1S/C17H19BrN2O2/c1-10-16(21)20(18)17(19-10)14-6-4-3-5-12(14)13-8-7-11(22-2)9-15(13)17/h3-6,11,13,15H,7-9H2,1-2H3. The number of nitrogens with zero attached hydrogens (tertiary/aromatic N) is 2. The fraction of sp³-hybridized carbons (Fsp3) is 0.529. The van der Waals surface area contributed by atoms with E-state index in [4.69, 9.17) is 9.73 Å². The van der Waals surface area contributed by atoms with Gasteiger partial charge in [-0.3, -0.25) is 9.79 Å². The molecule has 4 nitrogen and oxygen atoms in total. The first-order valence-corrected chi connectivity index (χ1v) is 8.49. The number of aliphatic imine (C=N–C) groups is 1. The van der Waals surface area contributed by atoms with Crippen LogP contribution in [0.15, 0.2) is 29.3 Å². The summed E-state index contributed by atoms with van der Waals surface area (Å²) in [6.45, 7) is 1.80. The van der Waals surface area contributed by atoms with Crippen molar-refractivity contribution in [2.75, 3.05) is 7.11 Å². The fourth-order valence-corrected chi connectivity index (χ4v) is 5.35. The Morgan fingerprint density at radius 2 is 2.14 bits per heavy atom. The lowest BCUT2D eigenvalue weighted by Crippen LogP contribution is -2.44. The van der Waals surface area contributed by atoms with E-state index in [0.717, 1.165) is 19.3 Å². The van der Waals surface area contributed by atoms with Crippen molar-refractivity contribution in [3.05, 3.63) is 35.4 Å². The quantitative estimate of drug-likeness (QED) is 0.718. The number of halogens is 1. The Balaban J connectivity index is 1.90. The maximum atomic E-state index is 12.4. The monoisotopic (exact) mass is 362 g/mol. The van der Waals surface area contributed by atoms with Gasteiger partial charge < -0.3 is 4.74 Å². The van der Waals surface area contributed by atoms with Gasteiger partial charge in [-0.25, -0.2) is 3.93 Å². The molecule has 5 heteroatoms. The van der Waals surface area contributed by atoms with E-state index in [-0.39, 0.29) is 17.9 Å². The van der Waals surface area contributed by atoms with Gasteiger partial charge in [0.05, 0.1) is 22.3 Å². The highest BCUT2D eigenvalue weighted by molar-refractivity contribution is 9.07. The molecule has 22 heavy (non-hydrogen) atoms. The summed E-state index contributed by atoms with van der Waals surface area (Å²) in [6, 6.07) is 8.45. The van der Waals surface area contributed by atoms with Crippen LogP contribution in [0.5, 0.6) is 0 Å². The topological polar surface area (TPSA) is 41.9 Å². The molecule has 0 radical (unpaired) electrons. The zero-order valence-electron chi connectivity index (χ0n) is 12.8. The first kappa shape index (κ1) is 14.4. The van der Waals surface area contributed by atoms with Crippen LogP contribution >= 0.6 is 16.1 Å². The number of amides is 1. The number of ether oxygens (including phenoxy) is 1. The summed E-state index contributed by atoms with van der Waals surface area (Å²) in [5.74, 6) is 0.685. The van der Waals surface area contributed by atoms with Gasteiger partial charge in [-0.15, -0.1) is 0 Å². The summed E-state index contributed by atoms with van der Waals surface area (Å²) < 4.78 is 7.30. The third-order valence-electron chi connectivity index (χ3n) is 5.53. The van der Waals surface area contributed by atoms with E-state index in [9.17, 15) is 4.79 Å². The highest BCUT2D eigenvalue weighted by Gasteiger charge is 2.60. The Kier molecular flexibility index (Phi) is 3.20. The van der Waals surface area contributed by atoms with Gasteiger partial charge in [0.2, 0.25) is 0 Å². The molecule has 1 fully saturated rings. The Bertz CT molecular complexity index is 674. The molecule has 0 saturated heterocycles. The van der Waals surface area contributed by atoms with Gasteiger partial charge in [0.1, 0.15) is 5.71 Å². The van der Waals surface area contributed by atoms with Gasteiger partial charge in [0.15, 0.2) is 5.66 Å². The highest BCUT2D eigenvalue weighted by Crippen LogP contribution is 2.60. The molecular formula is C17H19BrN2O2. The van der Waals surface area contributed by atoms with Crippen LogP contribution in [0.2, 0.25) is 0 Å². The molecule has 4 unspecified atom stereocenters. The van der Waals surface area contributed by atoms with Crippen LogP contribution in [0.3, 0.4) is 0 Å². The Morgan fingerprint density at radius 1 is 1.36 bits per heavy atom. The SMILES string of the molecule is COC1CCC2c3ccccc3C3(N=C(C)C(=O)N3Br)C2C1. The molecule has 1 saturated carbocycles. The zero-order valence-corrected chi connectivity index (χ0v) is 14.3. The van der Waals surface area contributed by atoms with Crippen molar-refractivity contribution in [3.8, 4) is 0 Å². The molecule has 1 heterocycles. The van der Waals surface area contributed by atoms with E-state index in [0.29, 0.717) is 11.6 Å². The number of rotatable bonds is 1. The summed E-state index contributed by atoms with van der Waals surface area (Å²) in [6.07, 6.45) is 3.34. The largest absolute Gasteiger partial charge is 0.381 e. The van der Waals surface area contributed by atoms with Crippen LogP contribution in [0, 0.1) is 5.92 Å². The van der Waals surface area contributed by atoms with E-state index in [2.05, 4.69) is 34.3 Å². The highest BCUT2D eigenvalue weighted by atomic mass is 79.9. The van der Waals surface area contributed by atoms with Crippen LogP contribution in [-0.2, 0) is 15.2 Å². The second kappa shape index (κ2) is 4.90. The fourth-order valence-electron chi connectivity index (χ4n) is 4.56. The molecule has 3 aliphatic rings. The molecule has 4 atom stereocenters. The molecule has 1 spiro atoms. The van der Waals surface area contributed by atoms with Crippen LogP contribution in [0.25, 0.3) is 0 Å². The van der Waals surface area contributed by atoms with Gasteiger partial charge in [0, 0.05) is 18.6 Å². The van der Waals surface area contributed by atoms with E-state index >= 15 is 0 Å². The summed E-state index contributed by atoms with van der Waals surface area (Å²) in [5.41, 5.74) is 2.49. The summed E-state index contributed by atoms with van der Waals surface area (Å²) in [5, 5.41) is 0. The molecule has 116 valence electrons. The summed E-state index contributed by atoms with van der Waals surface area (Å²) in [7, 11) is 1.78. The van der Waals surface area contributed by atoms with Gasteiger partial charge in [0.25, 0.3) is 5.91 Å². The van der Waals surface area contributed by atoms with Gasteiger partial charge in [-0.1, -0.05) is 24.3 Å². The lowest BCUT2D eigenvalue weighted by atomic mass is 9.75. The predicted octanol–water partition coefficient (Wildman–Crippen LogP) is 3.36. The van der Waals surface area contributed by atoms with Crippen molar-refractivity contribution < 1.29 is 9.53 Å². The molecule has 0 N–H and O–H groups in total. The molecule has 0 aromatic heterocycles. The van der Waals surface area contributed by atoms with Crippen LogP contribution in [0.1, 0.15) is 43.2 Å². The van der Waals surface area contributed by atoms with Crippen molar-refractivity contribution in [3.63, 3.8) is 0 Å². The maximum Gasteiger partial charge on any atom is 0.279 e. The number of hydrogen-bond acceptors (Lipinski definition) is 3. The predicted molar refractivity (Wildman–Crippen MR) is 87.9 cm³/mol. The third-order valence-corrected chi connectivity index (χ3v) is 6.40. The Labute approximate surface area is 138 Å². The van der Waals surface area contributed by atoms with E-state index in [1.54, 1.807) is 18.0 Å². The molecule has 1 aromatic carbocycles. The molecule has 1 aromatic rings. The van der Waals surface area contributed by atoms with Crippen molar-refractivity contribution in [2.45, 2.75) is 43.9 Å². The Hall–Kier alpha value is -1.20. The molecule has 1 aliphatic heterocycles. The van der Waals surface area contributed by atoms with Crippen LogP contribution in [-0.4, -0.2) is 28.8 Å². The molecular weight excluding hydrogens is 344 g/mol. The second-order valence-electron chi connectivity index (χ2n) is 6.48. The van der Waals surface area contributed by atoms with E-state index < -0.39 is 5.66 Å². The van der Waals surface area contributed by atoms with Gasteiger partial charge in [-0.05, 0) is 37.7 Å². The van der Waals surface area contributed by atoms with E-state index in [1.807, 2.05) is 6.07 Å². The van der Waals surface area contributed by atoms with Crippen LogP contribution < -0.4 is 0 Å². The number of carbonyl (C=O) groups is 1. The molecule has 1 amide bonds. The maximum absolute atomic E-state index is 12.4. The van der Waals surface area contributed by atoms with Crippen molar-refractivity contribution >= 4 is 27.8 Å². The van der Waals surface area contributed by atoms with Crippen molar-refractivity contribution in [1.82, 2.24) is 3.93 Å². The van der Waals surface area contributed by atoms with Crippen molar-refractivity contribution in [1.29, 1.82) is 0 Å². The number of fused-ring (bicyclic) bond motifs is 5. The molecule has 2 aliphatic carbocycles. The smallest absolute Gasteiger partial charge is 0.279 e. The van der Waals surface area contributed by atoms with Crippen LogP contribution in [0.4, 0.5) is 0 Å².